The summed E-state index contributed by atoms with van der Waals surface area (Å²) in [5.74, 6) is 1.31. The summed E-state index contributed by atoms with van der Waals surface area (Å²) in [6, 6.07) is 5.99. The lowest BCUT2D eigenvalue weighted by atomic mass is 10.1. The Balaban J connectivity index is 0.000000858. The number of ether oxygens (including phenoxy) is 1. The number of furan rings is 1. The van der Waals surface area contributed by atoms with Crippen LogP contribution in [0.25, 0.3) is 22.6 Å². The third-order valence-electron chi connectivity index (χ3n) is 5.47. The monoisotopic (exact) mass is 449 g/mol. The van der Waals surface area contributed by atoms with E-state index >= 15 is 0 Å². The van der Waals surface area contributed by atoms with Crippen molar-refractivity contribution in [2.75, 3.05) is 33.1 Å². The van der Waals surface area contributed by atoms with Crippen molar-refractivity contribution in [2.45, 2.75) is 19.9 Å². The van der Waals surface area contributed by atoms with Crippen LogP contribution in [-0.2, 0) is 19.6 Å². The highest BCUT2D eigenvalue weighted by atomic mass is 32.2. The van der Waals surface area contributed by atoms with Crippen LogP contribution in [0.2, 0.25) is 0 Å². The molecule has 0 unspecified atom stereocenters. The van der Waals surface area contributed by atoms with Gasteiger partial charge in [0.1, 0.15) is 5.58 Å². The van der Waals surface area contributed by atoms with Gasteiger partial charge in [0.15, 0.2) is 11.6 Å². The van der Waals surface area contributed by atoms with Gasteiger partial charge in [-0.25, -0.2) is 17.7 Å². The molecule has 2 atom stereocenters. The fourth-order valence-electron chi connectivity index (χ4n) is 3.78. The van der Waals surface area contributed by atoms with Crippen LogP contribution in [0, 0.1) is 19.8 Å². The van der Waals surface area contributed by atoms with Crippen LogP contribution in [0.3, 0.4) is 0 Å². The molecule has 1 saturated heterocycles. The number of benzene rings is 1. The van der Waals surface area contributed by atoms with E-state index in [2.05, 4.69) is 18.0 Å². The van der Waals surface area contributed by atoms with E-state index in [1.54, 1.807) is 20.3 Å². The van der Waals surface area contributed by atoms with Crippen molar-refractivity contribution in [3.8, 4) is 11.6 Å². The first-order valence-corrected chi connectivity index (χ1v) is 11.4. The second-order valence-corrected chi connectivity index (χ2v) is 9.97. The summed E-state index contributed by atoms with van der Waals surface area (Å²) < 4.78 is 39.8. The molecule has 4 rings (SSSR count). The number of aryl methyl sites for hydroxylation is 2. The van der Waals surface area contributed by atoms with Gasteiger partial charge in [-0.3, -0.25) is 4.79 Å². The number of rotatable bonds is 5. The maximum absolute atomic E-state index is 12.4. The third-order valence-corrected chi connectivity index (χ3v) is 7.43. The number of carbonyl (C=O) groups is 1. The van der Waals surface area contributed by atoms with Crippen LogP contribution in [0.4, 0.5) is 0 Å². The maximum atomic E-state index is 12.4. The smallest absolute Gasteiger partial charge is 0.290 e. The predicted octanol–water partition coefficient (Wildman–Crippen LogP) is 2.69. The van der Waals surface area contributed by atoms with Gasteiger partial charge >= 0.3 is 0 Å². The third kappa shape index (κ3) is 4.65. The molecule has 3 aromatic rings. The molecule has 1 aliphatic rings. The highest BCUT2D eigenvalue weighted by Gasteiger charge is 2.36. The van der Waals surface area contributed by atoms with Gasteiger partial charge in [0.25, 0.3) is 6.47 Å². The molecule has 3 heterocycles. The molecule has 168 valence electrons. The lowest BCUT2D eigenvalue weighted by molar-refractivity contribution is -0.122. The first kappa shape index (κ1) is 23.0. The zero-order chi connectivity index (χ0) is 22.8. The Bertz CT molecular complexity index is 1170. The van der Waals surface area contributed by atoms with Crippen molar-refractivity contribution in [3.05, 3.63) is 41.7 Å². The number of sulfonamides is 1. The number of imidazole rings is 1. The molecule has 1 fully saturated rings. The molecule has 0 saturated carbocycles. The summed E-state index contributed by atoms with van der Waals surface area (Å²) in [5, 5.41) is 7.96. The van der Waals surface area contributed by atoms with Crippen molar-refractivity contribution >= 4 is 27.5 Å². The molecule has 10 heteroatoms. The lowest BCUT2D eigenvalue weighted by Gasteiger charge is -2.22. The first-order valence-electron chi connectivity index (χ1n) is 9.78. The highest BCUT2D eigenvalue weighted by Crippen LogP contribution is 2.36. The normalized spacial score (nSPS) is 18.9. The largest absolute Gasteiger partial charge is 0.483 e. The van der Waals surface area contributed by atoms with Gasteiger partial charge in [0, 0.05) is 43.4 Å². The van der Waals surface area contributed by atoms with E-state index in [0.717, 1.165) is 16.5 Å². The van der Waals surface area contributed by atoms with Crippen LogP contribution in [-0.4, -0.2) is 66.9 Å². The number of hydrogen-bond donors (Lipinski definition) is 1. The van der Waals surface area contributed by atoms with Crippen molar-refractivity contribution in [2.24, 2.45) is 5.92 Å². The topological polar surface area (TPSA) is 115 Å². The van der Waals surface area contributed by atoms with Crippen LogP contribution in [0.1, 0.15) is 17.2 Å². The standard InChI is InChI=1S/C20H25N3O4S.CH2O2/c1-13-5-6-18-16(9-13)14(2)19(27-18)20-21-7-8-23(20)17-11-26-10-15(17)12-28(24,25)22(3)4;2-1-3/h5-9,15,17H,10-12H2,1-4H3;1H,(H,2,3)/t15-,17+;/m0./s1. The Hall–Kier alpha value is -2.69. The van der Waals surface area contributed by atoms with Crippen LogP contribution < -0.4 is 0 Å². The minimum absolute atomic E-state index is 0.0423. The molecule has 0 bridgehead atoms. The van der Waals surface area contributed by atoms with Crippen molar-refractivity contribution in [1.82, 2.24) is 13.9 Å². The Kier molecular flexibility index (Phi) is 6.83. The minimum Gasteiger partial charge on any atom is -0.483 e. The van der Waals surface area contributed by atoms with Crippen molar-refractivity contribution in [1.29, 1.82) is 0 Å². The van der Waals surface area contributed by atoms with Gasteiger partial charge in [0.2, 0.25) is 10.0 Å². The van der Waals surface area contributed by atoms with E-state index < -0.39 is 10.0 Å². The van der Waals surface area contributed by atoms with Gasteiger partial charge in [-0.15, -0.1) is 0 Å². The average Bonchev–Trinajstić information content (AvgIpc) is 3.41. The second kappa shape index (κ2) is 9.21. The molecule has 1 N–H and O–H groups in total. The Morgan fingerprint density at radius 3 is 2.68 bits per heavy atom. The van der Waals surface area contributed by atoms with E-state index in [1.807, 2.05) is 29.8 Å². The molecule has 2 aromatic heterocycles. The van der Waals surface area contributed by atoms with E-state index in [9.17, 15) is 8.42 Å². The summed E-state index contributed by atoms with van der Waals surface area (Å²) in [4.78, 5) is 12.9. The van der Waals surface area contributed by atoms with E-state index in [1.165, 1.54) is 9.87 Å². The SMILES string of the molecule is Cc1ccc2oc(-c3nccn3[C@@H]3COC[C@H]3CS(=O)(=O)N(C)C)c(C)c2c1.O=CO. The quantitative estimate of drug-likeness (QED) is 0.596. The zero-order valence-corrected chi connectivity index (χ0v) is 18.8. The van der Waals surface area contributed by atoms with Crippen LogP contribution in [0.5, 0.6) is 0 Å². The van der Waals surface area contributed by atoms with Crippen LogP contribution in [0.15, 0.2) is 35.0 Å². The summed E-state index contributed by atoms with van der Waals surface area (Å²) in [6.45, 7) is 4.69. The second-order valence-electron chi connectivity index (χ2n) is 7.75. The van der Waals surface area contributed by atoms with Gasteiger partial charge in [-0.1, -0.05) is 11.6 Å². The first-order chi connectivity index (χ1) is 14.7. The molecule has 0 aliphatic carbocycles. The molecule has 1 aromatic carbocycles. The fourth-order valence-corrected chi connectivity index (χ4v) is 4.94. The van der Waals surface area contributed by atoms with Gasteiger partial charge in [0.05, 0.1) is 25.0 Å². The van der Waals surface area contributed by atoms with Gasteiger partial charge < -0.3 is 18.8 Å². The summed E-state index contributed by atoms with van der Waals surface area (Å²) in [5.41, 5.74) is 3.02. The van der Waals surface area contributed by atoms with Crippen molar-refractivity contribution in [3.63, 3.8) is 0 Å². The molecule has 1 aliphatic heterocycles. The summed E-state index contributed by atoms with van der Waals surface area (Å²) in [6.07, 6.45) is 3.60. The van der Waals surface area contributed by atoms with E-state index in [-0.39, 0.29) is 24.2 Å². The molecular formula is C21H27N3O6S. The minimum atomic E-state index is -3.32. The molecular weight excluding hydrogens is 422 g/mol. The number of carboxylic acid groups (broad SMARTS) is 1. The maximum Gasteiger partial charge on any atom is 0.290 e. The number of nitrogens with zero attached hydrogens (tertiary/aromatic N) is 3. The van der Waals surface area contributed by atoms with Gasteiger partial charge in [-0.2, -0.15) is 0 Å². The lowest BCUT2D eigenvalue weighted by Crippen LogP contribution is -2.32. The van der Waals surface area contributed by atoms with Crippen LogP contribution >= 0.6 is 0 Å². The number of fused-ring (bicyclic) bond motifs is 1. The van der Waals surface area contributed by atoms with Gasteiger partial charge in [-0.05, 0) is 26.0 Å². The molecule has 9 nitrogen and oxygen atoms in total. The number of hydrogen-bond acceptors (Lipinski definition) is 6. The fraction of sp³-hybridized carbons (Fsp3) is 0.429. The Morgan fingerprint density at radius 2 is 2.00 bits per heavy atom. The Morgan fingerprint density at radius 1 is 1.29 bits per heavy atom. The van der Waals surface area contributed by atoms with E-state index in [4.69, 9.17) is 19.1 Å². The average molecular weight is 450 g/mol. The highest BCUT2D eigenvalue weighted by molar-refractivity contribution is 7.89. The molecule has 0 spiro atoms. The molecule has 31 heavy (non-hydrogen) atoms. The number of aromatic nitrogens is 2. The molecule has 0 amide bonds. The summed E-state index contributed by atoms with van der Waals surface area (Å²) >= 11 is 0. The molecule has 0 radical (unpaired) electrons. The Labute approximate surface area is 181 Å². The van der Waals surface area contributed by atoms with Crippen molar-refractivity contribution < 1.29 is 27.5 Å². The van der Waals surface area contributed by atoms with E-state index in [0.29, 0.717) is 24.8 Å². The summed E-state index contributed by atoms with van der Waals surface area (Å²) in [7, 11) is -0.204. The predicted molar refractivity (Wildman–Crippen MR) is 116 cm³/mol. The zero-order valence-electron chi connectivity index (χ0n) is 18.0.